The summed E-state index contributed by atoms with van der Waals surface area (Å²) >= 11 is 0. The summed E-state index contributed by atoms with van der Waals surface area (Å²) in [6.07, 6.45) is 0.903. The summed E-state index contributed by atoms with van der Waals surface area (Å²) in [7, 11) is 0. The van der Waals surface area contributed by atoms with E-state index in [1.165, 1.54) is 5.56 Å². The molecule has 4 nitrogen and oxygen atoms in total. The first-order chi connectivity index (χ1) is 8.24. The van der Waals surface area contributed by atoms with Crippen LogP contribution in [0.3, 0.4) is 0 Å². The molecule has 0 aliphatic carbocycles. The molecule has 1 amide bonds. The molecule has 90 valence electrons. The number of nitrogens with two attached hydrogens (primary N) is 1. The van der Waals surface area contributed by atoms with E-state index in [0.717, 1.165) is 24.1 Å². The van der Waals surface area contributed by atoms with Gasteiger partial charge in [-0.05, 0) is 29.7 Å². The van der Waals surface area contributed by atoms with Crippen LogP contribution in [0, 0.1) is 0 Å². The maximum absolute atomic E-state index is 12.2. The molecule has 2 aliphatic rings. The van der Waals surface area contributed by atoms with E-state index in [1.54, 1.807) is 0 Å². The molecule has 1 atom stereocenters. The standard InChI is InChI=1S/C13H16N2O2/c14-12-3-4-15(6-12)13(16)9-1-2-10-7-17-8-11(10)5-9/h1-2,5,12H,3-4,6-8,14H2/t12-/m0/s1. The first kappa shape index (κ1) is 10.7. The molecule has 0 aromatic heterocycles. The minimum atomic E-state index is 0.0904. The highest BCUT2D eigenvalue weighted by atomic mass is 16.5. The van der Waals surface area contributed by atoms with Gasteiger partial charge in [-0.2, -0.15) is 0 Å². The van der Waals surface area contributed by atoms with Crippen LogP contribution in [0.2, 0.25) is 0 Å². The number of carbonyl (C=O) groups excluding carboxylic acids is 1. The highest BCUT2D eigenvalue weighted by Gasteiger charge is 2.25. The summed E-state index contributed by atoms with van der Waals surface area (Å²) in [5, 5.41) is 0. The summed E-state index contributed by atoms with van der Waals surface area (Å²) in [5.74, 6) is 0.0904. The summed E-state index contributed by atoms with van der Waals surface area (Å²) < 4.78 is 5.35. The molecular weight excluding hydrogens is 216 g/mol. The van der Waals surface area contributed by atoms with Gasteiger partial charge in [0.25, 0.3) is 5.91 Å². The van der Waals surface area contributed by atoms with Crippen LogP contribution in [0.15, 0.2) is 18.2 Å². The lowest BCUT2D eigenvalue weighted by Gasteiger charge is -2.16. The molecule has 0 saturated carbocycles. The van der Waals surface area contributed by atoms with Crippen molar-refractivity contribution in [2.45, 2.75) is 25.7 Å². The Labute approximate surface area is 100 Å². The van der Waals surface area contributed by atoms with Gasteiger partial charge in [0.15, 0.2) is 0 Å². The van der Waals surface area contributed by atoms with Crippen molar-refractivity contribution in [3.8, 4) is 0 Å². The average Bonchev–Trinajstić information content (AvgIpc) is 2.95. The third-order valence-corrected chi connectivity index (χ3v) is 3.48. The van der Waals surface area contributed by atoms with Crippen LogP contribution in [-0.4, -0.2) is 29.9 Å². The molecule has 1 aromatic rings. The Morgan fingerprint density at radius 2 is 2.18 bits per heavy atom. The van der Waals surface area contributed by atoms with E-state index in [4.69, 9.17) is 10.5 Å². The number of rotatable bonds is 1. The highest BCUT2D eigenvalue weighted by molar-refractivity contribution is 5.94. The summed E-state index contributed by atoms with van der Waals surface area (Å²) in [6.45, 7) is 2.73. The van der Waals surface area contributed by atoms with Crippen molar-refractivity contribution in [2.75, 3.05) is 13.1 Å². The quantitative estimate of drug-likeness (QED) is 0.782. The molecule has 17 heavy (non-hydrogen) atoms. The van der Waals surface area contributed by atoms with Crippen LogP contribution < -0.4 is 5.73 Å². The largest absolute Gasteiger partial charge is 0.372 e. The lowest BCUT2D eigenvalue weighted by molar-refractivity contribution is 0.0790. The van der Waals surface area contributed by atoms with Gasteiger partial charge in [-0.15, -0.1) is 0 Å². The number of hydrogen-bond acceptors (Lipinski definition) is 3. The van der Waals surface area contributed by atoms with Crippen LogP contribution in [0.25, 0.3) is 0 Å². The van der Waals surface area contributed by atoms with Gasteiger partial charge >= 0.3 is 0 Å². The van der Waals surface area contributed by atoms with Gasteiger partial charge in [-0.1, -0.05) is 6.07 Å². The monoisotopic (exact) mass is 232 g/mol. The Hall–Kier alpha value is -1.39. The Balaban J connectivity index is 1.82. The number of nitrogens with zero attached hydrogens (tertiary/aromatic N) is 1. The molecule has 0 radical (unpaired) electrons. The number of ether oxygens (including phenoxy) is 1. The van der Waals surface area contributed by atoms with E-state index >= 15 is 0 Å². The molecule has 1 aromatic carbocycles. The summed E-state index contributed by atoms with van der Waals surface area (Å²) in [6, 6.07) is 5.97. The molecular formula is C13H16N2O2. The molecule has 0 spiro atoms. The second-order valence-electron chi connectivity index (χ2n) is 4.78. The first-order valence-corrected chi connectivity index (χ1v) is 5.98. The first-order valence-electron chi connectivity index (χ1n) is 5.98. The van der Waals surface area contributed by atoms with Gasteiger partial charge in [-0.25, -0.2) is 0 Å². The van der Waals surface area contributed by atoms with E-state index in [2.05, 4.69) is 0 Å². The minimum absolute atomic E-state index is 0.0904. The smallest absolute Gasteiger partial charge is 0.253 e. The third-order valence-electron chi connectivity index (χ3n) is 3.48. The molecule has 0 bridgehead atoms. The highest BCUT2D eigenvalue weighted by Crippen LogP contribution is 2.22. The van der Waals surface area contributed by atoms with E-state index < -0.39 is 0 Å². The van der Waals surface area contributed by atoms with Crippen molar-refractivity contribution in [2.24, 2.45) is 5.73 Å². The molecule has 4 heteroatoms. The van der Waals surface area contributed by atoms with Gasteiger partial charge in [0.1, 0.15) is 0 Å². The topological polar surface area (TPSA) is 55.6 Å². The van der Waals surface area contributed by atoms with Gasteiger partial charge in [0.05, 0.1) is 13.2 Å². The SMILES string of the molecule is N[C@H]1CCN(C(=O)c2ccc3c(c2)COC3)C1. The number of hydrogen-bond donors (Lipinski definition) is 1. The summed E-state index contributed by atoms with van der Waals surface area (Å²) in [5.41, 5.74) is 8.90. The maximum Gasteiger partial charge on any atom is 0.253 e. The van der Waals surface area contributed by atoms with Gasteiger partial charge in [-0.3, -0.25) is 4.79 Å². The lowest BCUT2D eigenvalue weighted by atomic mass is 10.1. The van der Waals surface area contributed by atoms with E-state index in [9.17, 15) is 4.79 Å². The van der Waals surface area contributed by atoms with E-state index in [0.29, 0.717) is 19.8 Å². The fraction of sp³-hybridized carbons (Fsp3) is 0.462. The lowest BCUT2D eigenvalue weighted by Crippen LogP contribution is -2.31. The Morgan fingerprint density at radius 3 is 2.94 bits per heavy atom. The Bertz CT molecular complexity index is 459. The Kier molecular flexibility index (Phi) is 2.61. The molecule has 2 aliphatic heterocycles. The van der Waals surface area contributed by atoms with Crippen LogP contribution in [0.1, 0.15) is 27.9 Å². The van der Waals surface area contributed by atoms with E-state index in [1.807, 2.05) is 23.1 Å². The average molecular weight is 232 g/mol. The van der Waals surface area contributed by atoms with Crippen molar-refractivity contribution in [3.63, 3.8) is 0 Å². The van der Waals surface area contributed by atoms with Crippen LogP contribution in [0.4, 0.5) is 0 Å². The number of benzene rings is 1. The van der Waals surface area contributed by atoms with Crippen LogP contribution >= 0.6 is 0 Å². The zero-order valence-corrected chi connectivity index (χ0v) is 9.69. The molecule has 1 fully saturated rings. The van der Waals surface area contributed by atoms with E-state index in [-0.39, 0.29) is 11.9 Å². The van der Waals surface area contributed by atoms with Crippen molar-refractivity contribution in [1.29, 1.82) is 0 Å². The van der Waals surface area contributed by atoms with Crippen molar-refractivity contribution in [3.05, 3.63) is 34.9 Å². The fourth-order valence-corrected chi connectivity index (χ4v) is 2.46. The molecule has 0 unspecified atom stereocenters. The molecule has 2 N–H and O–H groups in total. The number of amides is 1. The predicted molar refractivity (Wildman–Crippen MR) is 63.4 cm³/mol. The fourth-order valence-electron chi connectivity index (χ4n) is 2.46. The predicted octanol–water partition coefficient (Wildman–Crippen LogP) is 0.890. The molecule has 2 heterocycles. The Morgan fingerprint density at radius 1 is 1.35 bits per heavy atom. The van der Waals surface area contributed by atoms with Gasteiger partial charge in [0, 0.05) is 24.7 Å². The minimum Gasteiger partial charge on any atom is -0.372 e. The maximum atomic E-state index is 12.2. The second-order valence-corrected chi connectivity index (χ2v) is 4.78. The van der Waals surface area contributed by atoms with Crippen molar-refractivity contribution >= 4 is 5.91 Å². The third kappa shape index (κ3) is 1.94. The molecule has 3 rings (SSSR count). The van der Waals surface area contributed by atoms with Gasteiger partial charge in [0.2, 0.25) is 0 Å². The van der Waals surface area contributed by atoms with Crippen LogP contribution in [0.5, 0.6) is 0 Å². The number of likely N-dealkylation sites (tertiary alicyclic amines) is 1. The zero-order valence-electron chi connectivity index (χ0n) is 9.69. The van der Waals surface area contributed by atoms with Crippen molar-refractivity contribution in [1.82, 2.24) is 4.90 Å². The zero-order chi connectivity index (χ0) is 11.8. The molecule has 1 saturated heterocycles. The normalized spacial score (nSPS) is 22.9. The number of fused-ring (bicyclic) bond motifs is 1. The summed E-state index contributed by atoms with van der Waals surface area (Å²) in [4.78, 5) is 14.1. The number of carbonyl (C=O) groups is 1. The second kappa shape index (κ2) is 4.13. The van der Waals surface area contributed by atoms with Crippen LogP contribution in [-0.2, 0) is 18.0 Å². The van der Waals surface area contributed by atoms with Gasteiger partial charge < -0.3 is 15.4 Å². The van der Waals surface area contributed by atoms with Crippen molar-refractivity contribution < 1.29 is 9.53 Å².